The Labute approximate surface area is 171 Å². The summed E-state index contributed by atoms with van der Waals surface area (Å²) < 4.78 is 5.55. The molecule has 1 aliphatic rings. The van der Waals surface area contributed by atoms with E-state index in [1.807, 2.05) is 19.1 Å². The first-order chi connectivity index (χ1) is 14.0. The number of carbonyl (C=O) groups is 2. The molecule has 0 bridgehead atoms. The average Bonchev–Trinajstić information content (AvgIpc) is 3.33. The van der Waals surface area contributed by atoms with Crippen molar-refractivity contribution in [1.82, 2.24) is 9.80 Å². The van der Waals surface area contributed by atoms with Crippen LogP contribution in [0.5, 0.6) is 0 Å². The number of aliphatic hydroxyl groups is 1. The summed E-state index contributed by atoms with van der Waals surface area (Å²) in [5.41, 5.74) is 1.63. The summed E-state index contributed by atoms with van der Waals surface area (Å²) in [4.78, 5) is 29.4. The van der Waals surface area contributed by atoms with E-state index in [0.717, 1.165) is 31.6 Å². The number of ketones is 1. The lowest BCUT2D eigenvalue weighted by Gasteiger charge is -2.25. The molecule has 1 aliphatic heterocycles. The summed E-state index contributed by atoms with van der Waals surface area (Å²) in [6.45, 7) is 9.26. The molecular weight excluding hydrogens is 368 g/mol. The van der Waals surface area contributed by atoms with Crippen LogP contribution in [-0.2, 0) is 9.59 Å². The molecule has 154 valence electrons. The molecule has 3 rings (SSSR count). The fourth-order valence-corrected chi connectivity index (χ4v) is 3.72. The maximum absolute atomic E-state index is 12.9. The van der Waals surface area contributed by atoms with E-state index >= 15 is 0 Å². The van der Waals surface area contributed by atoms with Crippen LogP contribution >= 0.6 is 0 Å². The normalized spacial score (nSPS) is 18.8. The number of hydrogen-bond donors (Lipinski definition) is 1. The molecule has 2 heterocycles. The lowest BCUT2D eigenvalue weighted by atomic mass is 9.99. The topological polar surface area (TPSA) is 74.0 Å². The highest BCUT2D eigenvalue weighted by Gasteiger charge is 2.47. The fourth-order valence-electron chi connectivity index (χ4n) is 3.72. The number of carbonyl (C=O) groups excluding carboxylic acids is 2. The number of amides is 1. The van der Waals surface area contributed by atoms with Gasteiger partial charge in [0.2, 0.25) is 0 Å². The van der Waals surface area contributed by atoms with E-state index in [1.54, 1.807) is 24.3 Å². The molecule has 1 amide bonds. The highest BCUT2D eigenvalue weighted by atomic mass is 16.3. The number of benzene rings is 1. The van der Waals surface area contributed by atoms with Gasteiger partial charge < -0.3 is 19.3 Å². The largest absolute Gasteiger partial charge is 0.507 e. The standard InChI is InChI=1S/C23H28N2O4/c1-4-24(5-2)13-7-14-25-20(18-8-6-15-29-18)19(22(27)23(25)28)21(26)17-11-9-16(3)10-12-17/h6,8-12,15,20,26H,4-5,7,13-14H2,1-3H3/b21-19+. The predicted octanol–water partition coefficient (Wildman–Crippen LogP) is 3.74. The van der Waals surface area contributed by atoms with E-state index in [0.29, 0.717) is 17.9 Å². The molecule has 0 radical (unpaired) electrons. The molecule has 1 unspecified atom stereocenters. The van der Waals surface area contributed by atoms with Crippen molar-refractivity contribution in [2.45, 2.75) is 33.2 Å². The molecule has 29 heavy (non-hydrogen) atoms. The van der Waals surface area contributed by atoms with Gasteiger partial charge in [0, 0.05) is 12.1 Å². The van der Waals surface area contributed by atoms with Crippen LogP contribution in [0.3, 0.4) is 0 Å². The van der Waals surface area contributed by atoms with Crippen molar-refractivity contribution < 1.29 is 19.1 Å². The maximum Gasteiger partial charge on any atom is 0.295 e. The third-order valence-corrected chi connectivity index (χ3v) is 5.45. The number of aliphatic hydroxyl groups excluding tert-OH is 1. The van der Waals surface area contributed by atoms with Crippen LogP contribution in [0, 0.1) is 6.92 Å². The fraction of sp³-hybridized carbons (Fsp3) is 0.391. The van der Waals surface area contributed by atoms with Crippen molar-refractivity contribution in [2.24, 2.45) is 0 Å². The number of Topliss-reactive ketones (excluding diaryl/α,β-unsaturated/α-hetero) is 1. The second-order valence-corrected chi connectivity index (χ2v) is 7.25. The van der Waals surface area contributed by atoms with Crippen LogP contribution in [0.15, 0.2) is 52.7 Å². The van der Waals surface area contributed by atoms with Gasteiger partial charge in [0.05, 0.1) is 11.8 Å². The number of nitrogens with zero attached hydrogens (tertiary/aromatic N) is 2. The Kier molecular flexibility index (Phi) is 6.54. The lowest BCUT2D eigenvalue weighted by molar-refractivity contribution is -0.140. The smallest absolute Gasteiger partial charge is 0.295 e. The second-order valence-electron chi connectivity index (χ2n) is 7.25. The summed E-state index contributed by atoms with van der Waals surface area (Å²) in [6, 6.07) is 9.94. The zero-order chi connectivity index (χ0) is 21.0. The highest BCUT2D eigenvalue weighted by molar-refractivity contribution is 6.46. The van der Waals surface area contributed by atoms with E-state index in [4.69, 9.17) is 4.42 Å². The van der Waals surface area contributed by atoms with Crippen LogP contribution in [-0.4, -0.2) is 52.8 Å². The molecule has 1 aromatic carbocycles. The molecule has 1 N–H and O–H groups in total. The van der Waals surface area contributed by atoms with Crippen LogP contribution in [0.1, 0.15) is 43.2 Å². The van der Waals surface area contributed by atoms with Crippen molar-refractivity contribution in [3.05, 3.63) is 65.1 Å². The molecule has 0 saturated carbocycles. The number of hydrogen-bond acceptors (Lipinski definition) is 5. The second kappa shape index (κ2) is 9.09. The first-order valence-corrected chi connectivity index (χ1v) is 10.1. The molecule has 0 aliphatic carbocycles. The lowest BCUT2D eigenvalue weighted by Crippen LogP contribution is -2.33. The number of rotatable bonds is 8. The van der Waals surface area contributed by atoms with Gasteiger partial charge in [0.25, 0.3) is 11.7 Å². The molecule has 1 fully saturated rings. The summed E-state index contributed by atoms with van der Waals surface area (Å²) in [5.74, 6) is -0.969. The average molecular weight is 396 g/mol. The van der Waals surface area contributed by atoms with Gasteiger partial charge in [-0.2, -0.15) is 0 Å². The predicted molar refractivity (Wildman–Crippen MR) is 111 cm³/mol. The number of furan rings is 1. The maximum atomic E-state index is 12.9. The molecule has 1 atom stereocenters. The SMILES string of the molecule is CCN(CC)CCCN1C(=O)C(=O)/C(=C(/O)c2ccc(C)cc2)C1c1ccco1. The highest BCUT2D eigenvalue weighted by Crippen LogP contribution is 2.39. The quantitative estimate of drug-likeness (QED) is 0.418. The van der Waals surface area contributed by atoms with Crippen LogP contribution in [0.2, 0.25) is 0 Å². The molecule has 6 nitrogen and oxygen atoms in total. The Morgan fingerprint density at radius 3 is 2.41 bits per heavy atom. The number of aryl methyl sites for hydroxylation is 1. The molecule has 1 saturated heterocycles. The molecule has 2 aromatic rings. The van der Waals surface area contributed by atoms with Crippen LogP contribution in [0.25, 0.3) is 5.76 Å². The Morgan fingerprint density at radius 1 is 1.14 bits per heavy atom. The van der Waals surface area contributed by atoms with Gasteiger partial charge in [-0.3, -0.25) is 9.59 Å². The van der Waals surface area contributed by atoms with E-state index in [9.17, 15) is 14.7 Å². The summed E-state index contributed by atoms with van der Waals surface area (Å²) >= 11 is 0. The van der Waals surface area contributed by atoms with E-state index < -0.39 is 17.7 Å². The molecule has 1 aromatic heterocycles. The van der Waals surface area contributed by atoms with E-state index in [2.05, 4.69) is 18.7 Å². The van der Waals surface area contributed by atoms with Gasteiger partial charge >= 0.3 is 0 Å². The van der Waals surface area contributed by atoms with Gasteiger partial charge in [0.15, 0.2) is 0 Å². The minimum atomic E-state index is -0.719. The van der Waals surface area contributed by atoms with Crippen molar-refractivity contribution in [2.75, 3.05) is 26.2 Å². The van der Waals surface area contributed by atoms with E-state index in [-0.39, 0.29) is 11.3 Å². The van der Waals surface area contributed by atoms with Gasteiger partial charge in [-0.25, -0.2) is 0 Å². The Morgan fingerprint density at radius 2 is 1.83 bits per heavy atom. The van der Waals surface area contributed by atoms with Gasteiger partial charge in [0.1, 0.15) is 17.6 Å². The minimum absolute atomic E-state index is 0.0802. The van der Waals surface area contributed by atoms with Crippen molar-refractivity contribution in [3.8, 4) is 0 Å². The van der Waals surface area contributed by atoms with E-state index in [1.165, 1.54) is 11.2 Å². The van der Waals surface area contributed by atoms with Gasteiger partial charge in [-0.15, -0.1) is 0 Å². The molecule has 6 heteroatoms. The zero-order valence-electron chi connectivity index (χ0n) is 17.2. The van der Waals surface area contributed by atoms with Crippen LogP contribution in [0.4, 0.5) is 0 Å². The monoisotopic (exact) mass is 396 g/mol. The van der Waals surface area contributed by atoms with Crippen molar-refractivity contribution >= 4 is 17.4 Å². The van der Waals surface area contributed by atoms with Gasteiger partial charge in [-0.05, 0) is 45.1 Å². The summed E-state index contributed by atoms with van der Waals surface area (Å²) in [5, 5.41) is 10.9. The van der Waals surface area contributed by atoms with Crippen LogP contribution < -0.4 is 0 Å². The summed E-state index contributed by atoms with van der Waals surface area (Å²) in [7, 11) is 0. The first kappa shape index (κ1) is 20.9. The molecular formula is C23H28N2O4. The summed E-state index contributed by atoms with van der Waals surface area (Å²) in [6.07, 6.45) is 2.24. The molecule has 0 spiro atoms. The van der Waals surface area contributed by atoms with Crippen molar-refractivity contribution in [3.63, 3.8) is 0 Å². The Bertz CT molecular complexity index is 880. The van der Waals surface area contributed by atoms with Gasteiger partial charge in [-0.1, -0.05) is 43.7 Å². The third kappa shape index (κ3) is 4.27. The van der Waals surface area contributed by atoms with Crippen molar-refractivity contribution in [1.29, 1.82) is 0 Å². The Hall–Kier alpha value is -2.86. The number of likely N-dealkylation sites (tertiary alicyclic amines) is 1. The minimum Gasteiger partial charge on any atom is -0.507 e. The first-order valence-electron chi connectivity index (χ1n) is 10.1. The zero-order valence-corrected chi connectivity index (χ0v) is 17.2. The third-order valence-electron chi connectivity index (χ3n) is 5.45. The Balaban J connectivity index is 1.95.